The van der Waals surface area contributed by atoms with E-state index in [2.05, 4.69) is 19.8 Å². The maximum Gasteiger partial charge on any atom is 0.203 e. The Kier molecular flexibility index (Phi) is 6.77. The third-order valence-electron chi connectivity index (χ3n) is 4.50. The van der Waals surface area contributed by atoms with Crippen molar-refractivity contribution in [2.75, 3.05) is 21.3 Å². The second-order valence-electron chi connectivity index (χ2n) is 6.29. The van der Waals surface area contributed by atoms with Gasteiger partial charge in [0, 0.05) is 22.8 Å². The van der Waals surface area contributed by atoms with Gasteiger partial charge in [-0.2, -0.15) is 0 Å². The molecule has 8 nitrogen and oxygen atoms in total. The van der Waals surface area contributed by atoms with Gasteiger partial charge in [-0.25, -0.2) is 4.39 Å². The summed E-state index contributed by atoms with van der Waals surface area (Å²) in [5.74, 6) is 1.71. The van der Waals surface area contributed by atoms with Crippen LogP contribution in [0.1, 0.15) is 5.69 Å². The second kappa shape index (κ2) is 9.72. The topological polar surface area (TPSA) is 84.2 Å². The van der Waals surface area contributed by atoms with Gasteiger partial charge in [0.1, 0.15) is 15.8 Å². The van der Waals surface area contributed by atoms with Crippen LogP contribution < -0.4 is 14.2 Å². The molecule has 0 radical (unpaired) electrons. The highest BCUT2D eigenvalue weighted by Crippen LogP contribution is 2.42. The molecule has 0 amide bonds. The van der Waals surface area contributed by atoms with Crippen molar-refractivity contribution in [1.82, 2.24) is 24.4 Å². The SMILES string of the molecule is COc1cc(-c2nnc(SCc3nnsc3Cl)n2-c2ccccc2F)cc(OC)c1OC. The van der Waals surface area contributed by atoms with E-state index in [0.29, 0.717) is 55.3 Å². The first-order valence-corrected chi connectivity index (χ1v) is 11.3. The Hall–Kier alpha value is -2.89. The summed E-state index contributed by atoms with van der Waals surface area (Å²) in [5.41, 5.74) is 1.53. The fourth-order valence-corrected chi connectivity index (χ4v) is 4.70. The molecule has 0 N–H and O–H groups in total. The van der Waals surface area contributed by atoms with E-state index in [-0.39, 0.29) is 0 Å². The molecule has 2 aromatic carbocycles. The van der Waals surface area contributed by atoms with Crippen molar-refractivity contribution < 1.29 is 18.6 Å². The zero-order valence-corrected chi connectivity index (χ0v) is 19.6. The van der Waals surface area contributed by atoms with E-state index in [1.807, 2.05) is 0 Å². The van der Waals surface area contributed by atoms with Gasteiger partial charge in [0.2, 0.25) is 5.75 Å². The zero-order chi connectivity index (χ0) is 22.7. The Morgan fingerprint density at radius 1 is 1.03 bits per heavy atom. The van der Waals surface area contributed by atoms with Crippen LogP contribution >= 0.6 is 34.9 Å². The predicted octanol–water partition coefficient (Wildman–Crippen LogP) is 4.90. The van der Waals surface area contributed by atoms with E-state index in [1.54, 1.807) is 34.9 Å². The van der Waals surface area contributed by atoms with Crippen molar-refractivity contribution in [2.24, 2.45) is 0 Å². The van der Waals surface area contributed by atoms with Crippen molar-refractivity contribution in [2.45, 2.75) is 10.9 Å². The van der Waals surface area contributed by atoms with Crippen LogP contribution in [0.25, 0.3) is 17.1 Å². The summed E-state index contributed by atoms with van der Waals surface area (Å²) < 4.78 is 37.1. The maximum absolute atomic E-state index is 14.8. The molecule has 4 rings (SSSR count). The van der Waals surface area contributed by atoms with Gasteiger partial charge in [0.15, 0.2) is 22.5 Å². The minimum atomic E-state index is -0.420. The van der Waals surface area contributed by atoms with Crippen LogP contribution in [0, 0.1) is 5.82 Å². The third kappa shape index (κ3) is 4.23. The highest BCUT2D eigenvalue weighted by atomic mass is 35.5. The van der Waals surface area contributed by atoms with Gasteiger partial charge >= 0.3 is 0 Å². The lowest BCUT2D eigenvalue weighted by Crippen LogP contribution is -2.03. The van der Waals surface area contributed by atoms with Gasteiger partial charge in [-0.1, -0.05) is 40.0 Å². The molecule has 0 saturated carbocycles. The number of methoxy groups -OCH3 is 3. The Morgan fingerprint density at radius 3 is 2.34 bits per heavy atom. The maximum atomic E-state index is 14.8. The minimum Gasteiger partial charge on any atom is -0.493 e. The number of nitrogens with zero attached hydrogens (tertiary/aromatic N) is 5. The third-order valence-corrected chi connectivity index (χ3v) is 6.42. The molecule has 166 valence electrons. The molecule has 0 aliphatic carbocycles. The summed E-state index contributed by atoms with van der Waals surface area (Å²) in [6, 6.07) is 9.87. The van der Waals surface area contributed by atoms with E-state index in [9.17, 15) is 4.39 Å². The fraction of sp³-hybridized carbons (Fsp3) is 0.200. The summed E-state index contributed by atoms with van der Waals surface area (Å²) in [5, 5.41) is 13.1. The molecule has 0 spiro atoms. The van der Waals surface area contributed by atoms with Crippen LogP contribution in [-0.4, -0.2) is 45.7 Å². The molecule has 0 bridgehead atoms. The number of ether oxygens (including phenoxy) is 3. The first-order chi connectivity index (χ1) is 15.6. The molecule has 0 aliphatic rings. The van der Waals surface area contributed by atoms with Crippen molar-refractivity contribution >= 4 is 34.9 Å². The van der Waals surface area contributed by atoms with Crippen LogP contribution in [0.15, 0.2) is 41.6 Å². The van der Waals surface area contributed by atoms with Crippen molar-refractivity contribution in [3.8, 4) is 34.3 Å². The molecule has 2 aromatic heterocycles. The number of benzene rings is 2. The summed E-state index contributed by atoms with van der Waals surface area (Å²) >= 11 is 8.55. The first kappa shape index (κ1) is 22.3. The quantitative estimate of drug-likeness (QED) is 0.320. The monoisotopic (exact) mass is 493 g/mol. The number of hydrogen-bond acceptors (Lipinski definition) is 9. The van der Waals surface area contributed by atoms with E-state index in [1.165, 1.54) is 39.2 Å². The zero-order valence-electron chi connectivity index (χ0n) is 17.2. The van der Waals surface area contributed by atoms with Gasteiger partial charge in [0.05, 0.1) is 27.0 Å². The predicted molar refractivity (Wildman–Crippen MR) is 121 cm³/mol. The molecule has 0 atom stereocenters. The summed E-state index contributed by atoms with van der Waals surface area (Å²) in [6.07, 6.45) is 0. The van der Waals surface area contributed by atoms with Crippen LogP contribution in [0.2, 0.25) is 4.34 Å². The molecule has 0 saturated heterocycles. The fourth-order valence-electron chi connectivity index (χ4n) is 3.03. The Morgan fingerprint density at radius 2 is 1.75 bits per heavy atom. The molecule has 12 heteroatoms. The number of halogens is 2. The number of thioether (sulfide) groups is 1. The first-order valence-electron chi connectivity index (χ1n) is 9.17. The van der Waals surface area contributed by atoms with Crippen molar-refractivity contribution in [3.63, 3.8) is 0 Å². The van der Waals surface area contributed by atoms with Crippen LogP contribution in [0.3, 0.4) is 0 Å². The number of aromatic nitrogens is 5. The number of hydrogen-bond donors (Lipinski definition) is 0. The summed E-state index contributed by atoms with van der Waals surface area (Å²) in [4.78, 5) is 0. The lowest BCUT2D eigenvalue weighted by atomic mass is 10.1. The van der Waals surface area contributed by atoms with Gasteiger partial charge in [-0.15, -0.1) is 15.3 Å². The molecule has 0 fully saturated rings. The molecule has 2 heterocycles. The lowest BCUT2D eigenvalue weighted by molar-refractivity contribution is 0.324. The largest absolute Gasteiger partial charge is 0.493 e. The van der Waals surface area contributed by atoms with Gasteiger partial charge in [-0.3, -0.25) is 4.57 Å². The van der Waals surface area contributed by atoms with E-state index in [0.717, 1.165) is 11.5 Å². The highest BCUT2D eigenvalue weighted by Gasteiger charge is 2.22. The second-order valence-corrected chi connectivity index (χ2v) is 8.59. The average Bonchev–Trinajstić information content (AvgIpc) is 3.42. The highest BCUT2D eigenvalue weighted by molar-refractivity contribution is 7.98. The van der Waals surface area contributed by atoms with Gasteiger partial charge in [-0.05, 0) is 24.3 Å². The van der Waals surface area contributed by atoms with E-state index >= 15 is 0 Å². The number of rotatable bonds is 8. The molecular formula is C20H17ClFN5O3S2. The molecular weight excluding hydrogens is 477 g/mol. The normalized spacial score (nSPS) is 10.9. The smallest absolute Gasteiger partial charge is 0.203 e. The Bertz CT molecular complexity index is 1220. The molecule has 32 heavy (non-hydrogen) atoms. The van der Waals surface area contributed by atoms with Crippen LogP contribution in [-0.2, 0) is 5.75 Å². The molecule has 4 aromatic rings. The van der Waals surface area contributed by atoms with E-state index < -0.39 is 5.82 Å². The van der Waals surface area contributed by atoms with Crippen molar-refractivity contribution in [3.05, 3.63) is 52.2 Å². The minimum absolute atomic E-state index is 0.297. The average molecular weight is 494 g/mol. The lowest BCUT2D eigenvalue weighted by Gasteiger charge is -2.15. The van der Waals surface area contributed by atoms with Gasteiger partial charge in [0.25, 0.3) is 0 Å². The van der Waals surface area contributed by atoms with Crippen LogP contribution in [0.5, 0.6) is 17.2 Å². The summed E-state index contributed by atoms with van der Waals surface area (Å²) in [7, 11) is 4.57. The van der Waals surface area contributed by atoms with Gasteiger partial charge < -0.3 is 14.2 Å². The summed E-state index contributed by atoms with van der Waals surface area (Å²) in [6.45, 7) is 0. The van der Waals surface area contributed by atoms with Crippen molar-refractivity contribution in [1.29, 1.82) is 0 Å². The number of para-hydroxylation sites is 1. The van der Waals surface area contributed by atoms with E-state index in [4.69, 9.17) is 25.8 Å². The molecule has 0 unspecified atom stereocenters. The molecule has 0 aliphatic heterocycles. The van der Waals surface area contributed by atoms with Crippen LogP contribution in [0.4, 0.5) is 4.39 Å². The standard InChI is InChI=1S/C20H17ClFN5O3S2/c1-28-15-8-11(9-16(29-2)17(15)30-3)19-24-25-20(31-10-13-18(21)32-26-23-13)27(19)14-7-5-4-6-12(14)22/h4-9H,10H2,1-3H3. The Labute approximate surface area is 196 Å². The Balaban J connectivity index is 1.85.